The fourth-order valence-electron chi connectivity index (χ4n) is 3.48. The average Bonchev–Trinajstić information content (AvgIpc) is 2.95. The van der Waals surface area contributed by atoms with Gasteiger partial charge in [-0.25, -0.2) is 8.42 Å². The number of Topliss-reactive ketones (excluding diaryl/α,β-unsaturated/α-hetero) is 1. The number of sulfonamides is 1. The highest BCUT2D eigenvalue weighted by atomic mass is 32.2. The summed E-state index contributed by atoms with van der Waals surface area (Å²) in [5, 5.41) is 2.87. The van der Waals surface area contributed by atoms with Gasteiger partial charge in [-0.15, -0.1) is 0 Å². The smallest absolute Gasteiger partial charge is 0.241 e. The maximum atomic E-state index is 13.0. The van der Waals surface area contributed by atoms with Crippen molar-refractivity contribution < 1.29 is 22.8 Å². The number of rotatable bonds is 13. The van der Waals surface area contributed by atoms with Crippen molar-refractivity contribution in [2.24, 2.45) is 16.5 Å². The maximum Gasteiger partial charge on any atom is 0.241 e. The third kappa shape index (κ3) is 8.91. The third-order valence-electron chi connectivity index (χ3n) is 5.19. The van der Waals surface area contributed by atoms with E-state index in [1.807, 2.05) is 0 Å². The van der Waals surface area contributed by atoms with Gasteiger partial charge in [0.1, 0.15) is 12.3 Å². The number of nitrogens with two attached hydrogens (primary N) is 2. The fraction of sp³-hybridized carbons (Fsp3) is 0.524. The monoisotopic (exact) mass is 480 g/mol. The number of nitrogens with zero attached hydrogens (tertiary/aromatic N) is 2. The Hall–Kier alpha value is -2.83. The number of nitrogens with one attached hydrogen (secondary N) is 2. The molecule has 6 N–H and O–H groups in total. The largest absolute Gasteiger partial charge is 0.370 e. The first-order valence-corrected chi connectivity index (χ1v) is 12.3. The molecular weight excluding hydrogens is 448 g/mol. The van der Waals surface area contributed by atoms with Crippen LogP contribution in [-0.2, 0) is 24.4 Å². The Morgan fingerprint density at radius 3 is 2.64 bits per heavy atom. The SMILES string of the molecule is NC(N)=NCCCC(C=O)NCC(=O)CN1CCCCC(NS(=O)(=O)c2ccccc2)C1=O. The van der Waals surface area contributed by atoms with Crippen molar-refractivity contribution in [3.05, 3.63) is 30.3 Å². The molecule has 1 amide bonds. The summed E-state index contributed by atoms with van der Waals surface area (Å²) in [5.41, 5.74) is 10.5. The van der Waals surface area contributed by atoms with E-state index in [4.69, 9.17) is 11.5 Å². The lowest BCUT2D eigenvalue weighted by Gasteiger charge is -2.24. The van der Waals surface area contributed by atoms with E-state index in [9.17, 15) is 22.8 Å². The molecule has 0 spiro atoms. The molecule has 1 aromatic carbocycles. The quantitative estimate of drug-likeness (QED) is 0.122. The number of aliphatic imine (C=N–C) groups is 1. The van der Waals surface area contributed by atoms with E-state index in [1.54, 1.807) is 18.2 Å². The average molecular weight is 481 g/mol. The van der Waals surface area contributed by atoms with Gasteiger partial charge in [-0.05, 0) is 44.2 Å². The molecule has 1 heterocycles. The minimum Gasteiger partial charge on any atom is -0.370 e. The van der Waals surface area contributed by atoms with Crippen LogP contribution in [0.2, 0.25) is 0 Å². The fourth-order valence-corrected chi connectivity index (χ4v) is 4.72. The first-order chi connectivity index (χ1) is 15.7. The molecule has 11 nitrogen and oxygen atoms in total. The number of ketones is 1. The van der Waals surface area contributed by atoms with Gasteiger partial charge in [0.15, 0.2) is 11.7 Å². The standard InChI is InChI=1S/C21H32N6O5S/c22-21(23)24-11-6-7-16(15-28)25-13-17(29)14-27-12-5-4-10-19(20(27)30)26-33(31,32)18-8-2-1-3-9-18/h1-3,8-9,15-16,19,25-26H,4-7,10-14H2,(H4,22,23,24). The molecular formula is C21H32N6O5S. The minimum absolute atomic E-state index is 0.0210. The van der Waals surface area contributed by atoms with Crippen molar-refractivity contribution in [2.45, 2.75) is 49.1 Å². The van der Waals surface area contributed by atoms with E-state index in [1.165, 1.54) is 17.0 Å². The van der Waals surface area contributed by atoms with E-state index in [0.717, 1.165) is 0 Å². The molecule has 1 aliphatic rings. The molecule has 0 aliphatic carbocycles. The predicted molar refractivity (Wildman–Crippen MR) is 124 cm³/mol. The second-order valence-electron chi connectivity index (χ2n) is 7.85. The van der Waals surface area contributed by atoms with E-state index >= 15 is 0 Å². The summed E-state index contributed by atoms with van der Waals surface area (Å²) in [6.07, 6.45) is 3.42. The number of amides is 1. The third-order valence-corrected chi connectivity index (χ3v) is 6.68. The Labute approximate surface area is 194 Å². The number of hydrogen-bond acceptors (Lipinski definition) is 7. The van der Waals surface area contributed by atoms with Gasteiger partial charge < -0.3 is 26.5 Å². The Bertz CT molecular complexity index is 934. The van der Waals surface area contributed by atoms with Crippen molar-refractivity contribution in [1.82, 2.24) is 14.9 Å². The molecule has 1 aromatic rings. The zero-order valence-corrected chi connectivity index (χ0v) is 19.3. The number of guanidine groups is 1. The van der Waals surface area contributed by atoms with Crippen molar-refractivity contribution in [2.75, 3.05) is 26.2 Å². The lowest BCUT2D eigenvalue weighted by molar-refractivity contribution is -0.136. The molecule has 1 saturated heterocycles. The minimum atomic E-state index is -3.86. The van der Waals surface area contributed by atoms with E-state index < -0.39 is 28.0 Å². The highest BCUT2D eigenvalue weighted by Crippen LogP contribution is 2.16. The summed E-state index contributed by atoms with van der Waals surface area (Å²) in [6.45, 7) is 0.499. The molecule has 1 aliphatic heterocycles. The molecule has 2 rings (SSSR count). The van der Waals surface area contributed by atoms with Crippen molar-refractivity contribution >= 4 is 34.0 Å². The summed E-state index contributed by atoms with van der Waals surface area (Å²) in [6, 6.07) is 6.36. The number of carbonyl (C=O) groups excluding carboxylic acids is 3. The highest BCUT2D eigenvalue weighted by Gasteiger charge is 2.31. The summed E-state index contributed by atoms with van der Waals surface area (Å²) in [7, 11) is -3.86. The van der Waals surface area contributed by atoms with Gasteiger partial charge in [-0.3, -0.25) is 14.6 Å². The Morgan fingerprint density at radius 1 is 1.24 bits per heavy atom. The summed E-state index contributed by atoms with van der Waals surface area (Å²) >= 11 is 0. The van der Waals surface area contributed by atoms with Crippen molar-refractivity contribution in [1.29, 1.82) is 0 Å². The van der Waals surface area contributed by atoms with Crippen LogP contribution in [-0.4, -0.2) is 75.5 Å². The van der Waals surface area contributed by atoms with Gasteiger partial charge in [-0.1, -0.05) is 18.2 Å². The topological polar surface area (TPSA) is 177 Å². The van der Waals surface area contributed by atoms with Crippen LogP contribution >= 0.6 is 0 Å². The number of hydrogen-bond donors (Lipinski definition) is 4. The van der Waals surface area contributed by atoms with Gasteiger partial charge >= 0.3 is 0 Å². The predicted octanol–water partition coefficient (Wildman–Crippen LogP) is -0.874. The van der Waals surface area contributed by atoms with Crippen LogP contribution in [0.25, 0.3) is 0 Å². The van der Waals surface area contributed by atoms with Crippen LogP contribution < -0.4 is 21.5 Å². The molecule has 0 saturated carbocycles. The van der Waals surface area contributed by atoms with Crippen LogP contribution in [0.1, 0.15) is 32.1 Å². The zero-order chi connectivity index (χ0) is 24.3. The summed E-state index contributed by atoms with van der Waals surface area (Å²) in [4.78, 5) is 41.9. The number of carbonyl (C=O) groups is 3. The molecule has 12 heteroatoms. The lowest BCUT2D eigenvalue weighted by atomic mass is 10.1. The number of benzene rings is 1. The van der Waals surface area contributed by atoms with E-state index in [2.05, 4.69) is 15.0 Å². The number of likely N-dealkylation sites (tertiary alicyclic amines) is 1. The van der Waals surface area contributed by atoms with Crippen LogP contribution in [0.3, 0.4) is 0 Å². The molecule has 2 atom stereocenters. The van der Waals surface area contributed by atoms with Gasteiger partial charge in [-0.2, -0.15) is 4.72 Å². The molecule has 0 aromatic heterocycles. The second-order valence-corrected chi connectivity index (χ2v) is 9.57. The molecule has 1 fully saturated rings. The van der Waals surface area contributed by atoms with Gasteiger partial charge in [0, 0.05) is 13.1 Å². The zero-order valence-electron chi connectivity index (χ0n) is 18.5. The van der Waals surface area contributed by atoms with Gasteiger partial charge in [0.25, 0.3) is 0 Å². The van der Waals surface area contributed by atoms with Gasteiger partial charge in [0.05, 0.1) is 24.0 Å². The van der Waals surface area contributed by atoms with Crippen LogP contribution in [0.15, 0.2) is 40.2 Å². The lowest BCUT2D eigenvalue weighted by Crippen LogP contribution is -2.49. The van der Waals surface area contributed by atoms with Crippen molar-refractivity contribution in [3.63, 3.8) is 0 Å². The van der Waals surface area contributed by atoms with Crippen LogP contribution in [0.5, 0.6) is 0 Å². The Kier molecular flexibility index (Phi) is 10.4. The molecule has 0 bridgehead atoms. The molecule has 2 unspecified atom stereocenters. The maximum absolute atomic E-state index is 13.0. The Morgan fingerprint density at radius 2 is 1.97 bits per heavy atom. The van der Waals surface area contributed by atoms with Crippen LogP contribution in [0.4, 0.5) is 0 Å². The first-order valence-electron chi connectivity index (χ1n) is 10.8. The molecule has 0 radical (unpaired) electrons. The van der Waals surface area contributed by atoms with E-state index in [-0.39, 0.29) is 29.7 Å². The second kappa shape index (κ2) is 13.0. The molecule has 182 valence electrons. The first kappa shape index (κ1) is 26.4. The summed E-state index contributed by atoms with van der Waals surface area (Å²) in [5.74, 6) is -0.720. The Balaban J connectivity index is 1.89. The highest BCUT2D eigenvalue weighted by molar-refractivity contribution is 7.89. The summed E-state index contributed by atoms with van der Waals surface area (Å²) < 4.78 is 27.7. The molecule has 33 heavy (non-hydrogen) atoms. The van der Waals surface area contributed by atoms with Crippen molar-refractivity contribution in [3.8, 4) is 0 Å². The van der Waals surface area contributed by atoms with Gasteiger partial charge in [0.2, 0.25) is 15.9 Å². The van der Waals surface area contributed by atoms with Crippen LogP contribution in [0, 0.1) is 0 Å². The normalized spacial score (nSPS) is 17.8. The number of aldehydes is 1. The van der Waals surface area contributed by atoms with E-state index in [0.29, 0.717) is 51.5 Å².